The van der Waals surface area contributed by atoms with Crippen LogP contribution in [0, 0.1) is 0 Å². The standard InChI is InChI=1S/C15H18F2N2O3/c16-15(17)6-8-19(9-7-15)13(20)10-18-14(21)22-11-12-4-2-1-3-5-12/h1-5H,6-11H2,(H,18,21). The molecule has 1 N–H and O–H groups in total. The minimum Gasteiger partial charge on any atom is -0.445 e. The van der Waals surface area contributed by atoms with Crippen molar-refractivity contribution in [2.24, 2.45) is 0 Å². The maximum absolute atomic E-state index is 13.0. The summed E-state index contributed by atoms with van der Waals surface area (Å²) in [4.78, 5) is 24.6. The molecular weight excluding hydrogens is 294 g/mol. The Morgan fingerprint density at radius 3 is 2.45 bits per heavy atom. The van der Waals surface area contributed by atoms with Crippen LogP contribution in [0.25, 0.3) is 0 Å². The van der Waals surface area contributed by atoms with Gasteiger partial charge in [-0.05, 0) is 5.56 Å². The fourth-order valence-electron chi connectivity index (χ4n) is 2.12. The molecule has 0 bridgehead atoms. The average molecular weight is 312 g/mol. The molecule has 1 heterocycles. The Bertz CT molecular complexity index is 513. The molecule has 120 valence electrons. The van der Waals surface area contributed by atoms with Crippen LogP contribution in [-0.4, -0.2) is 42.5 Å². The molecule has 22 heavy (non-hydrogen) atoms. The zero-order chi connectivity index (χ0) is 16.0. The molecule has 0 radical (unpaired) electrons. The molecule has 1 aromatic carbocycles. The number of nitrogens with one attached hydrogen (secondary N) is 1. The molecule has 0 aromatic heterocycles. The molecule has 0 atom stereocenters. The Labute approximate surface area is 127 Å². The number of alkyl carbamates (subject to hydrolysis) is 1. The molecule has 0 aliphatic carbocycles. The number of hydrogen-bond acceptors (Lipinski definition) is 3. The highest BCUT2D eigenvalue weighted by Gasteiger charge is 2.35. The Kier molecular flexibility index (Phi) is 5.30. The van der Waals surface area contributed by atoms with Gasteiger partial charge in [-0.2, -0.15) is 0 Å². The number of hydrogen-bond donors (Lipinski definition) is 1. The number of carbonyl (C=O) groups excluding carboxylic acids is 2. The highest BCUT2D eigenvalue weighted by molar-refractivity contribution is 5.82. The summed E-state index contributed by atoms with van der Waals surface area (Å²) < 4.78 is 30.9. The van der Waals surface area contributed by atoms with E-state index in [2.05, 4.69) is 5.32 Å². The van der Waals surface area contributed by atoms with Crippen LogP contribution in [0.4, 0.5) is 13.6 Å². The molecule has 2 amide bonds. The van der Waals surface area contributed by atoms with Crippen LogP contribution in [0.1, 0.15) is 18.4 Å². The third kappa shape index (κ3) is 4.98. The molecule has 1 aromatic rings. The number of likely N-dealkylation sites (tertiary alicyclic amines) is 1. The Morgan fingerprint density at radius 1 is 1.18 bits per heavy atom. The predicted molar refractivity (Wildman–Crippen MR) is 75.4 cm³/mol. The molecule has 5 nitrogen and oxygen atoms in total. The highest BCUT2D eigenvalue weighted by atomic mass is 19.3. The van der Waals surface area contributed by atoms with E-state index in [4.69, 9.17) is 4.74 Å². The number of benzene rings is 1. The normalized spacial score (nSPS) is 16.9. The van der Waals surface area contributed by atoms with Gasteiger partial charge in [0.2, 0.25) is 5.91 Å². The second-order valence-electron chi connectivity index (χ2n) is 5.15. The van der Waals surface area contributed by atoms with E-state index in [0.29, 0.717) is 0 Å². The molecule has 1 fully saturated rings. The van der Waals surface area contributed by atoms with Gasteiger partial charge in [-0.3, -0.25) is 4.79 Å². The monoisotopic (exact) mass is 312 g/mol. The van der Waals surface area contributed by atoms with E-state index in [1.54, 1.807) is 0 Å². The molecule has 2 rings (SSSR count). The highest BCUT2D eigenvalue weighted by Crippen LogP contribution is 2.27. The van der Waals surface area contributed by atoms with Crippen molar-refractivity contribution in [3.05, 3.63) is 35.9 Å². The second kappa shape index (κ2) is 7.20. The van der Waals surface area contributed by atoms with Gasteiger partial charge in [-0.1, -0.05) is 30.3 Å². The largest absolute Gasteiger partial charge is 0.445 e. The second-order valence-corrected chi connectivity index (χ2v) is 5.15. The molecule has 0 unspecified atom stereocenters. The van der Waals surface area contributed by atoms with Crippen molar-refractivity contribution in [1.82, 2.24) is 10.2 Å². The summed E-state index contributed by atoms with van der Waals surface area (Å²) in [6.45, 7) is -0.130. The van der Waals surface area contributed by atoms with Gasteiger partial charge in [0, 0.05) is 25.9 Å². The van der Waals surface area contributed by atoms with Crippen LogP contribution in [0.3, 0.4) is 0 Å². The van der Waals surface area contributed by atoms with Gasteiger partial charge in [-0.25, -0.2) is 13.6 Å². The number of carbonyl (C=O) groups is 2. The number of rotatable bonds is 4. The summed E-state index contributed by atoms with van der Waals surface area (Å²) in [6, 6.07) is 9.13. The van der Waals surface area contributed by atoms with Gasteiger partial charge >= 0.3 is 6.09 Å². The van der Waals surface area contributed by atoms with Gasteiger partial charge in [0.1, 0.15) is 13.2 Å². The first kappa shape index (κ1) is 16.2. The van der Waals surface area contributed by atoms with E-state index >= 15 is 0 Å². The van der Waals surface area contributed by atoms with E-state index in [0.717, 1.165) is 5.56 Å². The van der Waals surface area contributed by atoms with Crippen LogP contribution in [0.5, 0.6) is 0 Å². The number of alkyl halides is 2. The van der Waals surface area contributed by atoms with Gasteiger partial charge < -0.3 is 15.0 Å². The topological polar surface area (TPSA) is 58.6 Å². The van der Waals surface area contributed by atoms with Crippen molar-refractivity contribution >= 4 is 12.0 Å². The maximum Gasteiger partial charge on any atom is 0.407 e. The van der Waals surface area contributed by atoms with Crippen molar-refractivity contribution in [2.75, 3.05) is 19.6 Å². The van der Waals surface area contributed by atoms with Gasteiger partial charge in [0.25, 0.3) is 5.92 Å². The fraction of sp³-hybridized carbons (Fsp3) is 0.467. The maximum atomic E-state index is 13.0. The first-order chi connectivity index (χ1) is 10.5. The third-order valence-corrected chi connectivity index (χ3v) is 3.44. The third-order valence-electron chi connectivity index (χ3n) is 3.44. The van der Waals surface area contributed by atoms with E-state index in [9.17, 15) is 18.4 Å². The summed E-state index contributed by atoms with van der Waals surface area (Å²) in [6.07, 6.45) is -1.38. The van der Waals surface area contributed by atoms with Crippen molar-refractivity contribution < 1.29 is 23.1 Å². The van der Waals surface area contributed by atoms with Crippen LogP contribution < -0.4 is 5.32 Å². The zero-order valence-corrected chi connectivity index (χ0v) is 12.1. The van der Waals surface area contributed by atoms with E-state index in [1.165, 1.54) is 4.90 Å². The first-order valence-corrected chi connectivity index (χ1v) is 7.06. The molecule has 7 heteroatoms. The molecule has 0 spiro atoms. The van der Waals surface area contributed by atoms with Crippen molar-refractivity contribution in [3.63, 3.8) is 0 Å². The van der Waals surface area contributed by atoms with Crippen molar-refractivity contribution in [1.29, 1.82) is 0 Å². The lowest BCUT2D eigenvalue weighted by atomic mass is 10.1. The van der Waals surface area contributed by atoms with Crippen LogP contribution in [0.2, 0.25) is 0 Å². The number of ether oxygens (including phenoxy) is 1. The number of halogens is 2. The average Bonchev–Trinajstić information content (AvgIpc) is 2.51. The summed E-state index contributed by atoms with van der Waals surface area (Å²) in [5.41, 5.74) is 0.835. The molecular formula is C15H18F2N2O3. The lowest BCUT2D eigenvalue weighted by Gasteiger charge is -2.31. The SMILES string of the molecule is O=C(NCC(=O)N1CCC(F)(F)CC1)OCc1ccccc1. The smallest absolute Gasteiger partial charge is 0.407 e. The van der Waals surface area contributed by atoms with Gasteiger partial charge in [0.15, 0.2) is 0 Å². The van der Waals surface area contributed by atoms with Gasteiger partial charge in [-0.15, -0.1) is 0 Å². The summed E-state index contributed by atoms with van der Waals surface area (Å²) in [7, 11) is 0. The van der Waals surface area contributed by atoms with Gasteiger partial charge in [0.05, 0.1) is 0 Å². The van der Waals surface area contributed by atoms with E-state index in [-0.39, 0.29) is 45.0 Å². The van der Waals surface area contributed by atoms with E-state index < -0.39 is 12.0 Å². The van der Waals surface area contributed by atoms with Crippen molar-refractivity contribution in [2.45, 2.75) is 25.4 Å². The lowest BCUT2D eigenvalue weighted by molar-refractivity contribution is -0.136. The summed E-state index contributed by atoms with van der Waals surface area (Å²) in [5.74, 6) is -3.08. The predicted octanol–water partition coefficient (Wildman–Crippen LogP) is 2.17. The summed E-state index contributed by atoms with van der Waals surface area (Å²) >= 11 is 0. The van der Waals surface area contributed by atoms with E-state index in [1.807, 2.05) is 30.3 Å². The van der Waals surface area contributed by atoms with Crippen LogP contribution in [-0.2, 0) is 16.1 Å². The molecule has 1 aliphatic rings. The Hall–Kier alpha value is -2.18. The fourth-order valence-corrected chi connectivity index (χ4v) is 2.12. The Morgan fingerprint density at radius 2 is 1.82 bits per heavy atom. The lowest BCUT2D eigenvalue weighted by Crippen LogP contribution is -2.46. The first-order valence-electron chi connectivity index (χ1n) is 7.06. The zero-order valence-electron chi connectivity index (χ0n) is 12.1. The number of nitrogens with zero attached hydrogens (tertiary/aromatic N) is 1. The van der Waals surface area contributed by atoms with Crippen LogP contribution in [0.15, 0.2) is 30.3 Å². The summed E-state index contributed by atoms with van der Waals surface area (Å²) in [5, 5.41) is 2.33. The van der Waals surface area contributed by atoms with Crippen molar-refractivity contribution in [3.8, 4) is 0 Å². The molecule has 1 saturated heterocycles. The minimum atomic E-state index is -2.70. The number of piperidine rings is 1. The molecule has 0 saturated carbocycles. The van der Waals surface area contributed by atoms with Crippen LogP contribution >= 0.6 is 0 Å². The molecule has 1 aliphatic heterocycles. The Balaban J connectivity index is 1.67. The number of amides is 2. The minimum absolute atomic E-state index is 0.00652. The quantitative estimate of drug-likeness (QED) is 0.927.